The molecule has 5 heteroatoms. The third-order valence-electron chi connectivity index (χ3n) is 1.79. The van der Waals surface area contributed by atoms with Crippen LogP contribution in [-0.2, 0) is 4.57 Å². The van der Waals surface area contributed by atoms with Crippen LogP contribution in [0.5, 0.6) is 0 Å². The first-order chi connectivity index (χ1) is 4.96. The lowest BCUT2D eigenvalue weighted by Gasteiger charge is -2.22. The van der Waals surface area contributed by atoms with Crippen LogP contribution in [0.2, 0.25) is 0 Å². The van der Waals surface area contributed by atoms with Gasteiger partial charge in [-0.1, -0.05) is 13.8 Å². The Morgan fingerprint density at radius 3 is 1.73 bits per heavy atom. The van der Waals surface area contributed by atoms with Gasteiger partial charge in [-0.2, -0.15) is 0 Å². The summed E-state index contributed by atoms with van der Waals surface area (Å²) < 4.78 is 11.4. The Morgan fingerprint density at radius 2 is 1.55 bits per heavy atom. The quantitative estimate of drug-likeness (QED) is 0.554. The summed E-state index contributed by atoms with van der Waals surface area (Å²) >= 11 is 0. The maximum Gasteiger partial charge on any atom is 0.232 e. The number of hydrogen-bond acceptors (Lipinski definition) is 3. The van der Waals surface area contributed by atoms with Gasteiger partial charge in [0.1, 0.15) is 0 Å². The van der Waals surface area contributed by atoms with E-state index in [0.29, 0.717) is 12.8 Å². The summed E-state index contributed by atoms with van der Waals surface area (Å²) in [4.78, 5) is 9.36. The monoisotopic (exact) mass is 180 g/mol. The summed E-state index contributed by atoms with van der Waals surface area (Å²) in [6, 6.07) is 0. The molecule has 0 rings (SSSR count). The van der Waals surface area contributed by atoms with Crippen LogP contribution >= 0.6 is 7.37 Å². The molecule has 0 aromatic heterocycles. The van der Waals surface area contributed by atoms with E-state index in [4.69, 9.17) is 11.5 Å². The zero-order chi connectivity index (χ0) is 9.07. The summed E-state index contributed by atoms with van der Waals surface area (Å²) in [5, 5.41) is 0. The first-order valence-electron chi connectivity index (χ1n) is 3.80. The second-order valence-corrected chi connectivity index (χ2v) is 5.30. The lowest BCUT2D eigenvalue weighted by Crippen LogP contribution is -2.30. The second-order valence-electron chi connectivity index (χ2n) is 2.62. The summed E-state index contributed by atoms with van der Waals surface area (Å²) in [5.74, 6) is -1.34. The molecule has 0 heterocycles. The van der Waals surface area contributed by atoms with Gasteiger partial charge in [0.15, 0.2) is 0 Å². The summed E-state index contributed by atoms with van der Waals surface area (Å²) in [7, 11) is -3.32. The molecule has 0 aromatic carbocycles. The Bertz CT molecular complexity index is 149. The molecular formula is C6H17N2O2P. The van der Waals surface area contributed by atoms with Gasteiger partial charge in [0.25, 0.3) is 0 Å². The van der Waals surface area contributed by atoms with Crippen LogP contribution in [0.15, 0.2) is 0 Å². The van der Waals surface area contributed by atoms with E-state index >= 15 is 0 Å². The van der Waals surface area contributed by atoms with Crippen LogP contribution in [0, 0.1) is 0 Å². The van der Waals surface area contributed by atoms with Crippen molar-refractivity contribution < 1.29 is 9.46 Å². The van der Waals surface area contributed by atoms with E-state index in [2.05, 4.69) is 0 Å². The fourth-order valence-electron chi connectivity index (χ4n) is 0.769. The SMILES string of the molecule is CCC(N)P(=O)(O)C(N)CC. The molecule has 11 heavy (non-hydrogen) atoms. The molecule has 4 nitrogen and oxygen atoms in total. The molecule has 0 radical (unpaired) electrons. The minimum Gasteiger partial charge on any atom is -0.342 e. The molecule has 5 N–H and O–H groups in total. The summed E-state index contributed by atoms with van der Waals surface area (Å²) in [6.07, 6.45) is 0.975. The zero-order valence-electron chi connectivity index (χ0n) is 7.03. The predicted molar refractivity (Wildman–Crippen MR) is 46.4 cm³/mol. The van der Waals surface area contributed by atoms with Gasteiger partial charge in [0.2, 0.25) is 7.37 Å². The van der Waals surface area contributed by atoms with Crippen LogP contribution in [0.1, 0.15) is 26.7 Å². The van der Waals surface area contributed by atoms with Crippen molar-refractivity contribution in [1.29, 1.82) is 0 Å². The Labute approximate surface area is 67.4 Å². The van der Waals surface area contributed by atoms with Crippen molar-refractivity contribution in [2.75, 3.05) is 0 Å². The molecule has 0 aliphatic heterocycles. The van der Waals surface area contributed by atoms with Crippen molar-refractivity contribution in [1.82, 2.24) is 0 Å². The zero-order valence-corrected chi connectivity index (χ0v) is 7.92. The van der Waals surface area contributed by atoms with Crippen LogP contribution in [0.25, 0.3) is 0 Å². The van der Waals surface area contributed by atoms with Gasteiger partial charge in [-0.3, -0.25) is 4.57 Å². The molecular weight excluding hydrogens is 163 g/mol. The van der Waals surface area contributed by atoms with E-state index < -0.39 is 18.9 Å². The van der Waals surface area contributed by atoms with Crippen molar-refractivity contribution >= 4 is 7.37 Å². The van der Waals surface area contributed by atoms with Crippen LogP contribution in [0.4, 0.5) is 0 Å². The van der Waals surface area contributed by atoms with Gasteiger partial charge in [-0.25, -0.2) is 0 Å². The highest BCUT2D eigenvalue weighted by atomic mass is 31.2. The molecule has 0 amide bonds. The third-order valence-corrected chi connectivity index (χ3v) is 4.42. The van der Waals surface area contributed by atoms with Crippen LogP contribution < -0.4 is 11.5 Å². The molecule has 0 fully saturated rings. The average Bonchev–Trinajstić information content (AvgIpc) is 2.01. The predicted octanol–water partition coefficient (Wildman–Crippen LogP) is 0.646. The maximum absolute atomic E-state index is 11.4. The lowest BCUT2D eigenvalue weighted by molar-refractivity contribution is 0.443. The van der Waals surface area contributed by atoms with Gasteiger partial charge in [0.05, 0.1) is 11.6 Å². The van der Waals surface area contributed by atoms with Gasteiger partial charge in [-0.05, 0) is 12.8 Å². The smallest absolute Gasteiger partial charge is 0.232 e. The highest BCUT2D eigenvalue weighted by Gasteiger charge is 2.31. The van der Waals surface area contributed by atoms with Gasteiger partial charge < -0.3 is 16.4 Å². The second kappa shape index (κ2) is 4.21. The fraction of sp³-hybridized carbons (Fsp3) is 1.00. The molecule has 0 aliphatic rings. The molecule has 0 aliphatic carbocycles. The van der Waals surface area contributed by atoms with E-state index in [1.807, 2.05) is 0 Å². The Balaban J connectivity index is 4.32. The summed E-state index contributed by atoms with van der Waals surface area (Å²) in [5.41, 5.74) is 10.9. The van der Waals surface area contributed by atoms with Crippen molar-refractivity contribution in [3.63, 3.8) is 0 Å². The van der Waals surface area contributed by atoms with E-state index in [9.17, 15) is 9.46 Å². The van der Waals surface area contributed by atoms with Crippen molar-refractivity contribution in [2.45, 2.75) is 38.3 Å². The number of rotatable bonds is 4. The first-order valence-corrected chi connectivity index (χ1v) is 5.59. The fourth-order valence-corrected chi connectivity index (χ4v) is 2.31. The van der Waals surface area contributed by atoms with Gasteiger partial charge >= 0.3 is 0 Å². The molecule has 2 unspecified atom stereocenters. The third kappa shape index (κ3) is 2.56. The van der Waals surface area contributed by atoms with E-state index in [-0.39, 0.29) is 0 Å². The normalized spacial score (nSPS) is 22.3. The van der Waals surface area contributed by atoms with Crippen molar-refractivity contribution in [3.8, 4) is 0 Å². The van der Waals surface area contributed by atoms with Crippen molar-refractivity contribution in [3.05, 3.63) is 0 Å². The molecule has 0 spiro atoms. The van der Waals surface area contributed by atoms with Crippen molar-refractivity contribution in [2.24, 2.45) is 11.5 Å². The first kappa shape index (κ1) is 11.1. The van der Waals surface area contributed by atoms with Crippen LogP contribution in [0.3, 0.4) is 0 Å². The van der Waals surface area contributed by atoms with Gasteiger partial charge in [-0.15, -0.1) is 0 Å². The maximum atomic E-state index is 11.4. The van der Waals surface area contributed by atoms with E-state index in [1.54, 1.807) is 13.8 Å². The van der Waals surface area contributed by atoms with E-state index in [1.165, 1.54) is 0 Å². The molecule has 2 atom stereocenters. The van der Waals surface area contributed by atoms with Gasteiger partial charge in [0, 0.05) is 0 Å². The Hall–Kier alpha value is 0.110. The highest BCUT2D eigenvalue weighted by Crippen LogP contribution is 2.48. The topological polar surface area (TPSA) is 89.3 Å². The standard InChI is InChI=1S/C6H17N2O2P/c1-3-5(7)11(9,10)6(8)4-2/h5-6H,3-4,7-8H2,1-2H3,(H,9,10). The Morgan fingerprint density at radius 1 is 1.27 bits per heavy atom. The van der Waals surface area contributed by atoms with Crippen LogP contribution in [-0.4, -0.2) is 16.5 Å². The van der Waals surface area contributed by atoms with E-state index in [0.717, 1.165) is 0 Å². The average molecular weight is 180 g/mol. The Kier molecular flexibility index (Phi) is 4.26. The molecule has 0 aromatic rings. The molecule has 0 saturated heterocycles. The molecule has 0 bridgehead atoms. The molecule has 68 valence electrons. The highest BCUT2D eigenvalue weighted by molar-refractivity contribution is 7.59. The summed E-state index contributed by atoms with van der Waals surface area (Å²) in [6.45, 7) is 3.55. The minimum absolute atomic E-state index is 0.488. The minimum atomic E-state index is -3.32. The largest absolute Gasteiger partial charge is 0.342 e. The number of hydrogen-bond donors (Lipinski definition) is 3. The lowest BCUT2D eigenvalue weighted by atomic mass is 10.5. The molecule has 0 saturated carbocycles. The number of nitrogens with two attached hydrogens (primary N) is 2.